The number of fused-ring (bicyclic) bond motifs is 6. The van der Waals surface area contributed by atoms with Crippen LogP contribution in [0.25, 0.3) is 21.9 Å². The second-order valence-corrected chi connectivity index (χ2v) is 10.3. The van der Waals surface area contributed by atoms with Crippen molar-refractivity contribution in [1.29, 1.82) is 0 Å². The Morgan fingerprint density at radius 1 is 0.763 bits per heavy atom. The van der Waals surface area contributed by atoms with Crippen LogP contribution in [0.5, 0.6) is 5.75 Å². The monoisotopic (exact) mass is 496 g/mol. The van der Waals surface area contributed by atoms with Crippen molar-refractivity contribution in [3.8, 4) is 16.9 Å². The molecule has 7 rings (SSSR count). The fraction of sp³-hybridized carbons (Fsp3) is 0.171. The Morgan fingerprint density at radius 2 is 1.37 bits per heavy atom. The third-order valence-corrected chi connectivity index (χ3v) is 8.38. The van der Waals surface area contributed by atoms with E-state index in [4.69, 9.17) is 9.47 Å². The van der Waals surface area contributed by atoms with E-state index in [1.54, 1.807) is 7.11 Å². The Balaban J connectivity index is 1.35. The van der Waals surface area contributed by atoms with Gasteiger partial charge in [0, 0.05) is 22.3 Å². The fourth-order valence-corrected chi connectivity index (χ4v) is 6.66. The summed E-state index contributed by atoms with van der Waals surface area (Å²) in [6.45, 7) is 0. The molecule has 2 aliphatic carbocycles. The Bertz CT molecular complexity index is 1620. The first-order valence-corrected chi connectivity index (χ1v) is 13.2. The van der Waals surface area contributed by atoms with Gasteiger partial charge >= 0.3 is 5.97 Å². The average molecular weight is 497 g/mol. The maximum atomic E-state index is 13.4. The van der Waals surface area contributed by atoms with Crippen LogP contribution in [-0.2, 0) is 21.4 Å². The molecule has 1 saturated carbocycles. The molecule has 0 N–H and O–H groups in total. The number of rotatable bonds is 6. The van der Waals surface area contributed by atoms with Gasteiger partial charge in [0.15, 0.2) is 0 Å². The molecule has 3 nitrogen and oxygen atoms in total. The van der Waals surface area contributed by atoms with Crippen molar-refractivity contribution in [3.05, 3.63) is 138 Å². The highest BCUT2D eigenvalue weighted by molar-refractivity contribution is 5.92. The van der Waals surface area contributed by atoms with Gasteiger partial charge in [-0.2, -0.15) is 0 Å². The van der Waals surface area contributed by atoms with Gasteiger partial charge in [-0.05, 0) is 45.7 Å². The van der Waals surface area contributed by atoms with Crippen molar-refractivity contribution in [2.45, 2.75) is 24.4 Å². The number of methoxy groups -OCH3 is 1. The van der Waals surface area contributed by atoms with E-state index in [1.807, 2.05) is 48.5 Å². The van der Waals surface area contributed by atoms with E-state index in [2.05, 4.69) is 66.7 Å². The fourth-order valence-electron chi connectivity index (χ4n) is 6.66. The largest absolute Gasteiger partial charge is 0.496 e. The van der Waals surface area contributed by atoms with E-state index >= 15 is 0 Å². The van der Waals surface area contributed by atoms with E-state index in [-0.39, 0.29) is 29.8 Å². The molecule has 0 bridgehead atoms. The standard InChI is InChI=1S/C35H28O3/c1-37-32-20-19-28(24-13-5-6-16-27(24)32)34(38-33(36)21-23-11-3-2-4-12-23)31-22-35(31)29-17-9-7-14-25(29)26-15-8-10-18-30(26)35/h2-20,31,34H,21-22H2,1H3/t31-,34-/m0/s1. The van der Waals surface area contributed by atoms with Crippen molar-refractivity contribution < 1.29 is 14.3 Å². The number of carbonyl (C=O) groups is 1. The first-order valence-electron chi connectivity index (χ1n) is 13.2. The summed E-state index contributed by atoms with van der Waals surface area (Å²) in [5.41, 5.74) is 7.09. The zero-order chi connectivity index (χ0) is 25.7. The predicted molar refractivity (Wildman–Crippen MR) is 150 cm³/mol. The van der Waals surface area contributed by atoms with Gasteiger partial charge in [-0.1, -0.05) is 109 Å². The third-order valence-electron chi connectivity index (χ3n) is 8.38. The van der Waals surface area contributed by atoms with Crippen LogP contribution in [-0.4, -0.2) is 13.1 Å². The molecule has 186 valence electrons. The molecular weight excluding hydrogens is 468 g/mol. The van der Waals surface area contributed by atoms with Gasteiger partial charge in [-0.3, -0.25) is 4.79 Å². The van der Waals surface area contributed by atoms with Crippen LogP contribution in [0, 0.1) is 5.92 Å². The number of benzene rings is 5. The van der Waals surface area contributed by atoms with Crippen molar-refractivity contribution in [3.63, 3.8) is 0 Å². The SMILES string of the molecule is COc1ccc([C@H](OC(=O)Cc2ccccc2)[C@@H]2CC23c2ccccc2-c2ccccc23)c2ccccc12. The minimum absolute atomic E-state index is 0.129. The summed E-state index contributed by atoms with van der Waals surface area (Å²) in [7, 11) is 1.70. The van der Waals surface area contributed by atoms with Gasteiger partial charge < -0.3 is 9.47 Å². The molecule has 5 aromatic rings. The van der Waals surface area contributed by atoms with Gasteiger partial charge in [0.25, 0.3) is 0 Å². The zero-order valence-electron chi connectivity index (χ0n) is 21.3. The zero-order valence-corrected chi connectivity index (χ0v) is 21.3. The molecule has 0 saturated heterocycles. The minimum Gasteiger partial charge on any atom is -0.496 e. The Labute approximate surface area is 222 Å². The molecule has 0 aromatic heterocycles. The maximum absolute atomic E-state index is 13.4. The lowest BCUT2D eigenvalue weighted by atomic mass is 9.86. The Morgan fingerprint density at radius 3 is 2.05 bits per heavy atom. The van der Waals surface area contributed by atoms with Crippen LogP contribution >= 0.6 is 0 Å². The summed E-state index contributed by atoms with van der Waals surface area (Å²) >= 11 is 0. The molecule has 0 radical (unpaired) electrons. The van der Waals surface area contributed by atoms with Gasteiger partial charge in [0.1, 0.15) is 11.9 Å². The molecule has 1 fully saturated rings. The van der Waals surface area contributed by atoms with Crippen LogP contribution in [0.1, 0.15) is 34.8 Å². The summed E-state index contributed by atoms with van der Waals surface area (Å²) in [6, 6.07) is 39.6. The van der Waals surface area contributed by atoms with E-state index in [9.17, 15) is 4.79 Å². The molecule has 0 heterocycles. The molecule has 3 heteroatoms. The van der Waals surface area contributed by atoms with Crippen LogP contribution in [0.3, 0.4) is 0 Å². The smallest absolute Gasteiger partial charge is 0.310 e. The third kappa shape index (κ3) is 3.46. The summed E-state index contributed by atoms with van der Waals surface area (Å²) in [4.78, 5) is 13.4. The Hall–Kier alpha value is -4.37. The molecule has 0 amide bonds. The van der Waals surface area contributed by atoms with Crippen molar-refractivity contribution in [2.24, 2.45) is 5.92 Å². The highest BCUT2D eigenvalue weighted by Gasteiger charge is 2.64. The topological polar surface area (TPSA) is 35.5 Å². The highest BCUT2D eigenvalue weighted by Crippen LogP contribution is 2.70. The van der Waals surface area contributed by atoms with E-state index in [0.717, 1.165) is 34.1 Å². The maximum Gasteiger partial charge on any atom is 0.310 e. The number of hydrogen-bond acceptors (Lipinski definition) is 3. The quantitative estimate of drug-likeness (QED) is 0.226. The van der Waals surface area contributed by atoms with E-state index in [1.165, 1.54) is 22.3 Å². The predicted octanol–water partition coefficient (Wildman–Crippen LogP) is 7.66. The summed E-state index contributed by atoms with van der Waals surface area (Å²) in [5.74, 6) is 0.743. The molecule has 0 unspecified atom stereocenters. The Kier molecular flexibility index (Phi) is 5.33. The molecule has 2 atom stereocenters. The second kappa shape index (κ2) is 8.88. The highest BCUT2D eigenvalue weighted by atomic mass is 16.5. The van der Waals surface area contributed by atoms with Gasteiger partial charge in [-0.25, -0.2) is 0 Å². The first-order chi connectivity index (χ1) is 18.7. The van der Waals surface area contributed by atoms with Crippen LogP contribution < -0.4 is 4.74 Å². The lowest BCUT2D eigenvalue weighted by Crippen LogP contribution is -2.20. The van der Waals surface area contributed by atoms with Crippen LogP contribution in [0.4, 0.5) is 0 Å². The van der Waals surface area contributed by atoms with Crippen molar-refractivity contribution in [1.82, 2.24) is 0 Å². The first kappa shape index (κ1) is 22.8. The summed E-state index contributed by atoms with van der Waals surface area (Å²) in [5, 5.41) is 2.09. The molecule has 0 aliphatic heterocycles. The lowest BCUT2D eigenvalue weighted by molar-refractivity contribution is -0.150. The van der Waals surface area contributed by atoms with Crippen molar-refractivity contribution in [2.75, 3.05) is 7.11 Å². The van der Waals surface area contributed by atoms with Gasteiger partial charge in [0.2, 0.25) is 0 Å². The number of carbonyl (C=O) groups excluding carboxylic acids is 1. The second-order valence-electron chi connectivity index (χ2n) is 10.3. The summed E-state index contributed by atoms with van der Waals surface area (Å²) < 4.78 is 12.2. The van der Waals surface area contributed by atoms with Gasteiger partial charge in [-0.15, -0.1) is 0 Å². The number of hydrogen-bond donors (Lipinski definition) is 0. The normalized spacial score (nSPS) is 17.0. The molecule has 38 heavy (non-hydrogen) atoms. The molecule has 1 spiro atoms. The number of esters is 1. The molecule has 2 aliphatic rings. The van der Waals surface area contributed by atoms with Crippen LogP contribution in [0.15, 0.2) is 115 Å². The van der Waals surface area contributed by atoms with Crippen molar-refractivity contribution >= 4 is 16.7 Å². The van der Waals surface area contributed by atoms with E-state index < -0.39 is 0 Å². The van der Waals surface area contributed by atoms with Crippen LogP contribution in [0.2, 0.25) is 0 Å². The minimum atomic E-state index is -0.388. The molecular formula is C35H28O3. The summed E-state index contributed by atoms with van der Waals surface area (Å²) in [6.07, 6.45) is 0.796. The number of ether oxygens (including phenoxy) is 2. The lowest BCUT2D eigenvalue weighted by Gasteiger charge is -2.24. The van der Waals surface area contributed by atoms with E-state index in [0.29, 0.717) is 0 Å². The average Bonchev–Trinajstić information content (AvgIpc) is 3.65. The molecule has 5 aromatic carbocycles. The van der Waals surface area contributed by atoms with Gasteiger partial charge in [0.05, 0.1) is 13.5 Å².